The van der Waals surface area contributed by atoms with Crippen molar-refractivity contribution in [1.29, 1.82) is 0 Å². The highest BCUT2D eigenvalue weighted by Crippen LogP contribution is 2.15. The van der Waals surface area contributed by atoms with Gasteiger partial charge >= 0.3 is 0 Å². The molecule has 1 aliphatic heterocycles. The fourth-order valence-electron chi connectivity index (χ4n) is 1.83. The summed E-state index contributed by atoms with van der Waals surface area (Å²) < 4.78 is 5.35. The molecule has 1 heterocycles. The summed E-state index contributed by atoms with van der Waals surface area (Å²) in [4.78, 5) is 2.16. The fourth-order valence-corrected chi connectivity index (χ4v) is 1.98. The van der Waals surface area contributed by atoms with E-state index in [-0.39, 0.29) is 0 Å². The maximum atomic E-state index is 5.35. The fraction of sp³-hybridized carbons (Fsp3) is 0.917. The Morgan fingerprint density at radius 2 is 2.06 bits per heavy atom. The van der Waals surface area contributed by atoms with Crippen molar-refractivity contribution in [3.63, 3.8) is 0 Å². The first kappa shape index (κ1) is 13.7. The second-order valence-electron chi connectivity index (χ2n) is 5.02. The summed E-state index contributed by atoms with van der Waals surface area (Å²) in [6.07, 6.45) is 2.33. The van der Waals surface area contributed by atoms with Gasteiger partial charge in [0, 0.05) is 33.4 Å². The number of rotatable bonds is 4. The summed E-state index contributed by atoms with van der Waals surface area (Å²) in [6.45, 7) is 8.20. The third-order valence-corrected chi connectivity index (χ3v) is 3.34. The van der Waals surface area contributed by atoms with Crippen LogP contribution < -0.4 is 5.32 Å². The molecule has 0 radical (unpaired) electrons. The number of nitrogens with zero attached hydrogens (tertiary/aromatic N) is 1. The maximum Gasteiger partial charge on any atom is 0.168 e. The number of hydrogen-bond acceptors (Lipinski definition) is 2. The number of thiocarbonyl (C=S) groups is 1. The smallest absolute Gasteiger partial charge is 0.168 e. The summed E-state index contributed by atoms with van der Waals surface area (Å²) in [5.74, 6) is 1.37. The van der Waals surface area contributed by atoms with E-state index in [1.54, 1.807) is 0 Å². The first-order valence-corrected chi connectivity index (χ1v) is 6.57. The van der Waals surface area contributed by atoms with Gasteiger partial charge in [0.25, 0.3) is 0 Å². The maximum absolute atomic E-state index is 5.35. The number of ether oxygens (including phenoxy) is 1. The molecule has 16 heavy (non-hydrogen) atoms. The Balaban J connectivity index is 2.21. The Morgan fingerprint density at radius 1 is 1.44 bits per heavy atom. The molecule has 0 aliphatic carbocycles. The van der Waals surface area contributed by atoms with Crippen LogP contribution in [0.4, 0.5) is 0 Å². The lowest BCUT2D eigenvalue weighted by atomic mass is 10.0. The van der Waals surface area contributed by atoms with Crippen LogP contribution in [0.3, 0.4) is 0 Å². The first-order valence-electron chi connectivity index (χ1n) is 6.16. The molecule has 1 aliphatic rings. The molecule has 1 N–H and O–H groups in total. The van der Waals surface area contributed by atoms with Gasteiger partial charge in [0.1, 0.15) is 0 Å². The van der Waals surface area contributed by atoms with Crippen molar-refractivity contribution in [3.05, 3.63) is 0 Å². The van der Waals surface area contributed by atoms with E-state index >= 15 is 0 Å². The van der Waals surface area contributed by atoms with Crippen LogP contribution in [0.5, 0.6) is 0 Å². The zero-order valence-electron chi connectivity index (χ0n) is 10.7. The minimum atomic E-state index is 0.634. The Kier molecular flexibility index (Phi) is 6.06. The van der Waals surface area contributed by atoms with Crippen molar-refractivity contribution in [2.75, 3.05) is 33.4 Å². The molecule has 0 aromatic carbocycles. The largest absolute Gasteiger partial charge is 0.381 e. The van der Waals surface area contributed by atoms with Crippen LogP contribution in [0.1, 0.15) is 26.7 Å². The molecule has 0 aromatic rings. The SMILES string of the molecule is CC(C)CNC(=S)N(C)CC1CCOCC1. The van der Waals surface area contributed by atoms with Gasteiger partial charge in [-0.1, -0.05) is 13.8 Å². The van der Waals surface area contributed by atoms with E-state index in [9.17, 15) is 0 Å². The summed E-state index contributed by atoms with van der Waals surface area (Å²) >= 11 is 5.35. The van der Waals surface area contributed by atoms with Crippen LogP contribution in [0.25, 0.3) is 0 Å². The van der Waals surface area contributed by atoms with E-state index in [2.05, 4.69) is 31.1 Å². The molecule has 0 saturated carbocycles. The van der Waals surface area contributed by atoms with Gasteiger partial charge in [0.05, 0.1) is 0 Å². The van der Waals surface area contributed by atoms with Crippen LogP contribution in [0.2, 0.25) is 0 Å². The van der Waals surface area contributed by atoms with E-state index in [1.807, 2.05) is 0 Å². The lowest BCUT2D eigenvalue weighted by Crippen LogP contribution is -2.41. The molecule has 0 spiro atoms. The average Bonchev–Trinajstić information content (AvgIpc) is 2.27. The van der Waals surface area contributed by atoms with Gasteiger partial charge < -0.3 is 15.0 Å². The van der Waals surface area contributed by atoms with Crippen molar-refractivity contribution in [2.24, 2.45) is 11.8 Å². The number of nitrogens with one attached hydrogen (secondary N) is 1. The summed E-state index contributed by atoms with van der Waals surface area (Å²) in [7, 11) is 2.07. The van der Waals surface area contributed by atoms with E-state index in [0.717, 1.165) is 50.2 Å². The van der Waals surface area contributed by atoms with Gasteiger partial charge in [-0.05, 0) is 36.9 Å². The zero-order valence-corrected chi connectivity index (χ0v) is 11.5. The molecule has 0 unspecified atom stereocenters. The predicted octanol–water partition coefficient (Wildman–Crippen LogP) is 1.88. The Labute approximate surface area is 105 Å². The zero-order chi connectivity index (χ0) is 12.0. The highest BCUT2D eigenvalue weighted by Gasteiger charge is 2.16. The lowest BCUT2D eigenvalue weighted by Gasteiger charge is -2.29. The second kappa shape index (κ2) is 7.07. The minimum Gasteiger partial charge on any atom is -0.381 e. The standard InChI is InChI=1S/C12H24N2OS/c1-10(2)8-13-12(16)14(3)9-11-4-6-15-7-5-11/h10-11H,4-9H2,1-3H3,(H,13,16). The number of hydrogen-bond donors (Lipinski definition) is 1. The quantitative estimate of drug-likeness (QED) is 0.763. The third-order valence-electron chi connectivity index (χ3n) is 2.88. The summed E-state index contributed by atoms with van der Waals surface area (Å²) in [6, 6.07) is 0. The van der Waals surface area contributed by atoms with Gasteiger partial charge in [0.2, 0.25) is 0 Å². The molecule has 4 heteroatoms. The molecule has 94 valence electrons. The predicted molar refractivity (Wildman–Crippen MR) is 71.6 cm³/mol. The van der Waals surface area contributed by atoms with Gasteiger partial charge in [0.15, 0.2) is 5.11 Å². The Bertz CT molecular complexity index is 215. The van der Waals surface area contributed by atoms with Crippen LogP contribution in [0, 0.1) is 11.8 Å². The van der Waals surface area contributed by atoms with Crippen LogP contribution in [0.15, 0.2) is 0 Å². The van der Waals surface area contributed by atoms with E-state index in [0.29, 0.717) is 5.92 Å². The molecule has 1 rings (SSSR count). The molecule has 0 atom stereocenters. The van der Waals surface area contributed by atoms with Crippen LogP contribution in [-0.2, 0) is 4.74 Å². The highest BCUT2D eigenvalue weighted by molar-refractivity contribution is 7.80. The minimum absolute atomic E-state index is 0.634. The molecule has 0 aromatic heterocycles. The van der Waals surface area contributed by atoms with Gasteiger partial charge in [-0.2, -0.15) is 0 Å². The topological polar surface area (TPSA) is 24.5 Å². The summed E-state index contributed by atoms with van der Waals surface area (Å²) in [5.41, 5.74) is 0. The Morgan fingerprint density at radius 3 is 2.62 bits per heavy atom. The van der Waals surface area contributed by atoms with Crippen molar-refractivity contribution in [3.8, 4) is 0 Å². The van der Waals surface area contributed by atoms with Crippen molar-refractivity contribution in [1.82, 2.24) is 10.2 Å². The second-order valence-corrected chi connectivity index (χ2v) is 5.40. The van der Waals surface area contributed by atoms with Gasteiger partial charge in [-0.25, -0.2) is 0 Å². The van der Waals surface area contributed by atoms with E-state index in [1.165, 1.54) is 0 Å². The lowest BCUT2D eigenvalue weighted by molar-refractivity contribution is 0.0612. The molecule has 1 fully saturated rings. The molecule has 1 saturated heterocycles. The van der Waals surface area contributed by atoms with Crippen LogP contribution >= 0.6 is 12.2 Å². The van der Waals surface area contributed by atoms with Crippen LogP contribution in [-0.4, -0.2) is 43.4 Å². The van der Waals surface area contributed by atoms with Gasteiger partial charge in [-0.3, -0.25) is 0 Å². The first-order chi connectivity index (χ1) is 7.59. The van der Waals surface area contributed by atoms with Crippen molar-refractivity contribution < 1.29 is 4.74 Å². The van der Waals surface area contributed by atoms with E-state index in [4.69, 9.17) is 17.0 Å². The average molecular weight is 244 g/mol. The molecule has 3 nitrogen and oxygen atoms in total. The molecule has 0 amide bonds. The molecular formula is C12H24N2OS. The monoisotopic (exact) mass is 244 g/mol. The van der Waals surface area contributed by atoms with Gasteiger partial charge in [-0.15, -0.1) is 0 Å². The summed E-state index contributed by atoms with van der Waals surface area (Å²) in [5, 5.41) is 4.17. The van der Waals surface area contributed by atoms with Crippen molar-refractivity contribution >= 4 is 17.3 Å². The van der Waals surface area contributed by atoms with Crippen molar-refractivity contribution in [2.45, 2.75) is 26.7 Å². The molecule has 0 bridgehead atoms. The molecular weight excluding hydrogens is 220 g/mol. The highest BCUT2D eigenvalue weighted by atomic mass is 32.1. The normalized spacial score (nSPS) is 17.5. The van der Waals surface area contributed by atoms with E-state index < -0.39 is 0 Å². The third kappa shape index (κ3) is 5.12. The Hall–Kier alpha value is -0.350.